The highest BCUT2D eigenvalue weighted by atomic mass is 16.5. The zero-order valence-electron chi connectivity index (χ0n) is 12.1. The van der Waals surface area contributed by atoms with Crippen LogP contribution in [-0.4, -0.2) is 18.8 Å². The quantitative estimate of drug-likeness (QED) is 0.840. The maximum absolute atomic E-state index is 12.0. The number of Topliss-reactive ketones (excluding diaryl/α,β-unsaturated/α-hetero) is 1. The third-order valence-electron chi connectivity index (χ3n) is 3.87. The lowest BCUT2D eigenvalue weighted by molar-refractivity contribution is -0.128. The molecule has 0 atom stereocenters. The van der Waals surface area contributed by atoms with Gasteiger partial charge in [-0.3, -0.25) is 9.59 Å². The van der Waals surface area contributed by atoms with Gasteiger partial charge in [0.05, 0.1) is 19.1 Å². The van der Waals surface area contributed by atoms with Crippen LogP contribution in [0.5, 0.6) is 5.75 Å². The maximum atomic E-state index is 12.0. The number of ether oxygens (including phenoxy) is 1. The van der Waals surface area contributed by atoms with Crippen LogP contribution in [0.25, 0.3) is 0 Å². The summed E-state index contributed by atoms with van der Waals surface area (Å²) in [6, 6.07) is 7.82. The van der Waals surface area contributed by atoms with Crippen LogP contribution in [0.3, 0.4) is 0 Å². The Hall–Kier alpha value is -1.84. The first-order valence-corrected chi connectivity index (χ1v) is 7.01. The highest BCUT2D eigenvalue weighted by Gasteiger charge is 2.37. The SMILES string of the molecule is COc1cccc(C2(NC(=O)CC(C)=O)CCCC2)c1. The minimum atomic E-state index is -0.346. The molecule has 0 aromatic heterocycles. The smallest absolute Gasteiger partial charge is 0.228 e. The van der Waals surface area contributed by atoms with Gasteiger partial charge in [-0.25, -0.2) is 0 Å². The van der Waals surface area contributed by atoms with Crippen molar-refractivity contribution in [2.75, 3.05) is 7.11 Å². The molecule has 0 aliphatic heterocycles. The van der Waals surface area contributed by atoms with Crippen LogP contribution in [0.15, 0.2) is 24.3 Å². The molecule has 20 heavy (non-hydrogen) atoms. The Bertz CT molecular complexity index is 504. The number of rotatable bonds is 5. The van der Waals surface area contributed by atoms with E-state index in [2.05, 4.69) is 5.32 Å². The minimum absolute atomic E-state index is 0.0499. The first kappa shape index (κ1) is 14.6. The Kier molecular flexibility index (Phi) is 4.42. The summed E-state index contributed by atoms with van der Waals surface area (Å²) in [5.74, 6) is 0.484. The Balaban J connectivity index is 2.24. The van der Waals surface area contributed by atoms with E-state index in [-0.39, 0.29) is 23.7 Å². The lowest BCUT2D eigenvalue weighted by Gasteiger charge is -2.31. The van der Waals surface area contributed by atoms with E-state index in [4.69, 9.17) is 4.74 Å². The topological polar surface area (TPSA) is 55.4 Å². The third-order valence-corrected chi connectivity index (χ3v) is 3.87. The molecule has 2 rings (SSSR count). The van der Waals surface area contributed by atoms with Gasteiger partial charge in [-0.05, 0) is 37.5 Å². The van der Waals surface area contributed by atoms with Gasteiger partial charge in [0, 0.05) is 0 Å². The Morgan fingerprint density at radius 2 is 2.00 bits per heavy atom. The van der Waals surface area contributed by atoms with Gasteiger partial charge < -0.3 is 10.1 Å². The van der Waals surface area contributed by atoms with Crippen molar-refractivity contribution >= 4 is 11.7 Å². The molecule has 1 N–H and O–H groups in total. The summed E-state index contributed by atoms with van der Waals surface area (Å²) in [5.41, 5.74) is 0.715. The maximum Gasteiger partial charge on any atom is 0.228 e. The molecule has 1 fully saturated rings. The molecule has 1 saturated carbocycles. The van der Waals surface area contributed by atoms with Gasteiger partial charge in [0.1, 0.15) is 11.5 Å². The average molecular weight is 275 g/mol. The Morgan fingerprint density at radius 1 is 1.30 bits per heavy atom. The number of ketones is 1. The van der Waals surface area contributed by atoms with E-state index in [1.807, 2.05) is 24.3 Å². The molecule has 1 aliphatic rings. The van der Waals surface area contributed by atoms with Crippen molar-refractivity contribution in [1.29, 1.82) is 0 Å². The van der Waals surface area contributed by atoms with Gasteiger partial charge in [0.2, 0.25) is 5.91 Å². The molecule has 4 heteroatoms. The van der Waals surface area contributed by atoms with E-state index in [1.54, 1.807) is 7.11 Å². The van der Waals surface area contributed by atoms with Crippen LogP contribution in [-0.2, 0) is 15.1 Å². The summed E-state index contributed by atoms with van der Waals surface area (Å²) in [6.07, 6.45) is 3.93. The van der Waals surface area contributed by atoms with Gasteiger partial charge in [-0.15, -0.1) is 0 Å². The Morgan fingerprint density at radius 3 is 2.60 bits per heavy atom. The lowest BCUT2D eigenvalue weighted by Crippen LogP contribution is -2.44. The fourth-order valence-corrected chi connectivity index (χ4v) is 2.92. The number of benzene rings is 1. The molecule has 0 spiro atoms. The second-order valence-electron chi connectivity index (χ2n) is 5.45. The van der Waals surface area contributed by atoms with Crippen LogP contribution in [0.2, 0.25) is 0 Å². The normalized spacial score (nSPS) is 16.7. The van der Waals surface area contributed by atoms with Crippen molar-refractivity contribution in [1.82, 2.24) is 5.32 Å². The molecule has 1 aromatic carbocycles. The van der Waals surface area contributed by atoms with Gasteiger partial charge in [0.25, 0.3) is 0 Å². The number of amides is 1. The second kappa shape index (κ2) is 6.07. The summed E-state index contributed by atoms with van der Waals surface area (Å²) in [6.45, 7) is 1.44. The predicted octanol–water partition coefficient (Wildman–Crippen LogP) is 2.56. The molecule has 0 saturated heterocycles. The van der Waals surface area contributed by atoms with Crippen molar-refractivity contribution in [2.45, 2.75) is 44.6 Å². The summed E-state index contributed by atoms with van der Waals surface area (Å²) in [4.78, 5) is 23.1. The van der Waals surface area contributed by atoms with Crippen molar-refractivity contribution in [2.24, 2.45) is 0 Å². The number of carbonyl (C=O) groups excluding carboxylic acids is 2. The van der Waals surface area contributed by atoms with Crippen molar-refractivity contribution in [3.05, 3.63) is 29.8 Å². The van der Waals surface area contributed by atoms with Crippen LogP contribution in [0.1, 0.15) is 44.6 Å². The van der Waals surface area contributed by atoms with Crippen molar-refractivity contribution in [3.8, 4) is 5.75 Å². The van der Waals surface area contributed by atoms with E-state index >= 15 is 0 Å². The molecule has 0 radical (unpaired) electrons. The van der Waals surface area contributed by atoms with Crippen molar-refractivity contribution in [3.63, 3.8) is 0 Å². The number of hydrogen-bond acceptors (Lipinski definition) is 3. The fourth-order valence-electron chi connectivity index (χ4n) is 2.92. The molecule has 108 valence electrons. The monoisotopic (exact) mass is 275 g/mol. The molecule has 0 unspecified atom stereocenters. The lowest BCUT2D eigenvalue weighted by atomic mass is 9.87. The molecular weight excluding hydrogens is 254 g/mol. The first-order chi connectivity index (χ1) is 9.55. The van der Waals surface area contributed by atoms with Gasteiger partial charge in [-0.1, -0.05) is 25.0 Å². The molecule has 1 amide bonds. The summed E-state index contributed by atoms with van der Waals surface area (Å²) in [5, 5.41) is 3.08. The van der Waals surface area contributed by atoms with Gasteiger partial charge >= 0.3 is 0 Å². The van der Waals surface area contributed by atoms with E-state index in [1.165, 1.54) is 6.92 Å². The molecular formula is C16H21NO3. The minimum Gasteiger partial charge on any atom is -0.497 e. The molecule has 0 heterocycles. The highest BCUT2D eigenvalue weighted by Crippen LogP contribution is 2.39. The predicted molar refractivity (Wildman–Crippen MR) is 76.6 cm³/mol. The van der Waals surface area contributed by atoms with Crippen LogP contribution < -0.4 is 10.1 Å². The summed E-state index contributed by atoms with van der Waals surface area (Å²) in [7, 11) is 1.63. The summed E-state index contributed by atoms with van der Waals surface area (Å²) >= 11 is 0. The first-order valence-electron chi connectivity index (χ1n) is 7.01. The molecule has 1 aliphatic carbocycles. The zero-order chi connectivity index (χ0) is 14.6. The summed E-state index contributed by atoms with van der Waals surface area (Å²) < 4.78 is 5.26. The third kappa shape index (κ3) is 3.18. The van der Waals surface area contributed by atoms with Gasteiger partial charge in [0.15, 0.2) is 0 Å². The van der Waals surface area contributed by atoms with Crippen LogP contribution in [0, 0.1) is 0 Å². The van der Waals surface area contributed by atoms with E-state index < -0.39 is 0 Å². The number of hydrogen-bond donors (Lipinski definition) is 1. The zero-order valence-corrected chi connectivity index (χ0v) is 12.1. The van der Waals surface area contributed by atoms with Crippen LogP contribution >= 0.6 is 0 Å². The Labute approximate surface area is 119 Å². The number of methoxy groups -OCH3 is 1. The standard InChI is InChI=1S/C16H21NO3/c1-12(18)10-15(19)17-16(8-3-4-9-16)13-6-5-7-14(11-13)20-2/h5-7,11H,3-4,8-10H2,1-2H3,(H,17,19). The average Bonchev–Trinajstić information content (AvgIpc) is 2.87. The van der Waals surface area contributed by atoms with Crippen LogP contribution in [0.4, 0.5) is 0 Å². The highest BCUT2D eigenvalue weighted by molar-refractivity contribution is 5.97. The fraction of sp³-hybridized carbons (Fsp3) is 0.500. The second-order valence-corrected chi connectivity index (χ2v) is 5.45. The van der Waals surface area contributed by atoms with Crippen molar-refractivity contribution < 1.29 is 14.3 Å². The van der Waals surface area contributed by atoms with E-state index in [9.17, 15) is 9.59 Å². The van der Waals surface area contributed by atoms with E-state index in [0.29, 0.717) is 0 Å². The van der Waals surface area contributed by atoms with Gasteiger partial charge in [-0.2, -0.15) is 0 Å². The number of nitrogens with one attached hydrogen (secondary N) is 1. The van der Waals surface area contributed by atoms with E-state index in [0.717, 1.165) is 37.0 Å². The molecule has 4 nitrogen and oxygen atoms in total. The molecule has 1 aromatic rings. The largest absolute Gasteiger partial charge is 0.497 e. The number of carbonyl (C=O) groups is 2. The molecule has 0 bridgehead atoms.